The zero-order valence-corrected chi connectivity index (χ0v) is 15.1. The van der Waals surface area contributed by atoms with E-state index in [2.05, 4.69) is 25.8 Å². The first-order valence-electron chi connectivity index (χ1n) is 7.99. The van der Waals surface area contributed by atoms with Gasteiger partial charge in [-0.3, -0.25) is 9.78 Å². The van der Waals surface area contributed by atoms with Gasteiger partial charge in [-0.05, 0) is 43.3 Å². The van der Waals surface area contributed by atoms with E-state index in [4.69, 9.17) is 4.74 Å². The second kappa shape index (κ2) is 7.66. The average Bonchev–Trinajstić information content (AvgIpc) is 2.64. The van der Waals surface area contributed by atoms with Gasteiger partial charge in [0.05, 0.1) is 0 Å². The molecule has 0 N–H and O–H groups in total. The topological polar surface area (TPSA) is 45.7 Å². The predicted molar refractivity (Wildman–Crippen MR) is 97.3 cm³/mol. The molecule has 1 saturated heterocycles. The van der Waals surface area contributed by atoms with Crippen molar-refractivity contribution in [2.24, 2.45) is 0 Å². The van der Waals surface area contributed by atoms with Crippen LogP contribution < -0.4 is 9.64 Å². The minimum absolute atomic E-state index is 0.0345. The number of pyridine rings is 1. The molecule has 1 aliphatic heterocycles. The van der Waals surface area contributed by atoms with Gasteiger partial charge in [0.1, 0.15) is 5.75 Å². The van der Waals surface area contributed by atoms with Crippen LogP contribution in [0, 0.1) is 0 Å². The molecule has 2 aromatic rings. The van der Waals surface area contributed by atoms with Gasteiger partial charge in [-0.2, -0.15) is 0 Å². The molecule has 1 amide bonds. The lowest BCUT2D eigenvalue weighted by Gasteiger charge is -2.37. The Bertz CT molecular complexity index is 670. The fraction of sp³-hybridized carbons (Fsp3) is 0.333. The highest BCUT2D eigenvalue weighted by Crippen LogP contribution is 2.19. The lowest BCUT2D eigenvalue weighted by atomic mass is 10.2. The summed E-state index contributed by atoms with van der Waals surface area (Å²) in [6, 6.07) is 11.5. The van der Waals surface area contributed by atoms with E-state index in [-0.39, 0.29) is 5.91 Å². The summed E-state index contributed by atoms with van der Waals surface area (Å²) in [5, 5.41) is 0. The molecule has 126 valence electrons. The molecule has 6 heteroatoms. The minimum Gasteiger partial charge on any atom is -0.481 e. The fourth-order valence-corrected chi connectivity index (χ4v) is 3.03. The smallest absolute Gasteiger partial charge is 0.263 e. The van der Waals surface area contributed by atoms with Crippen molar-refractivity contribution < 1.29 is 9.53 Å². The van der Waals surface area contributed by atoms with E-state index < -0.39 is 6.10 Å². The van der Waals surface area contributed by atoms with Crippen molar-refractivity contribution in [3.05, 3.63) is 53.3 Å². The van der Waals surface area contributed by atoms with Gasteiger partial charge in [-0.15, -0.1) is 0 Å². The molecule has 1 fully saturated rings. The van der Waals surface area contributed by atoms with Crippen LogP contribution in [0.15, 0.2) is 53.3 Å². The quantitative estimate of drug-likeness (QED) is 0.806. The van der Waals surface area contributed by atoms with Gasteiger partial charge in [0.2, 0.25) is 0 Å². The number of carbonyl (C=O) groups excluding carboxylic acids is 1. The Morgan fingerprint density at radius 1 is 1.08 bits per heavy atom. The Kier molecular flexibility index (Phi) is 5.35. The maximum atomic E-state index is 12.6. The van der Waals surface area contributed by atoms with Crippen LogP contribution in [0.2, 0.25) is 0 Å². The van der Waals surface area contributed by atoms with Gasteiger partial charge >= 0.3 is 0 Å². The number of ether oxygens (including phenoxy) is 1. The van der Waals surface area contributed by atoms with Crippen molar-refractivity contribution in [2.75, 3.05) is 31.1 Å². The Hall–Kier alpha value is -2.08. The Labute approximate surface area is 150 Å². The molecule has 0 saturated carbocycles. The Morgan fingerprint density at radius 2 is 1.71 bits per heavy atom. The van der Waals surface area contributed by atoms with Gasteiger partial charge in [0.15, 0.2) is 6.10 Å². The highest BCUT2D eigenvalue weighted by Gasteiger charge is 2.26. The van der Waals surface area contributed by atoms with Crippen molar-refractivity contribution in [1.82, 2.24) is 9.88 Å². The van der Waals surface area contributed by atoms with Crippen LogP contribution in [0.4, 0.5) is 5.69 Å². The molecule has 1 aliphatic rings. The molecule has 0 aliphatic carbocycles. The number of halogens is 1. The van der Waals surface area contributed by atoms with E-state index in [9.17, 15) is 4.79 Å². The molecular weight excluding hydrogens is 370 g/mol. The summed E-state index contributed by atoms with van der Waals surface area (Å²) < 4.78 is 6.75. The van der Waals surface area contributed by atoms with Crippen LogP contribution in [-0.2, 0) is 4.79 Å². The first-order chi connectivity index (χ1) is 11.6. The molecule has 1 aromatic heterocycles. The maximum Gasteiger partial charge on any atom is 0.263 e. The summed E-state index contributed by atoms with van der Waals surface area (Å²) in [7, 11) is 0. The maximum absolute atomic E-state index is 12.6. The fourth-order valence-electron chi connectivity index (χ4n) is 2.76. The monoisotopic (exact) mass is 389 g/mol. The number of benzene rings is 1. The third-order valence-corrected chi connectivity index (χ3v) is 4.62. The van der Waals surface area contributed by atoms with Crippen LogP contribution >= 0.6 is 15.9 Å². The number of anilines is 1. The number of hydrogen-bond donors (Lipinski definition) is 0. The zero-order chi connectivity index (χ0) is 16.9. The van der Waals surface area contributed by atoms with Crippen molar-refractivity contribution in [3.63, 3.8) is 0 Å². The van der Waals surface area contributed by atoms with Crippen molar-refractivity contribution in [2.45, 2.75) is 13.0 Å². The number of carbonyl (C=O) groups is 1. The van der Waals surface area contributed by atoms with E-state index in [0.717, 1.165) is 23.2 Å². The lowest BCUT2D eigenvalue weighted by molar-refractivity contribution is -0.138. The summed E-state index contributed by atoms with van der Waals surface area (Å²) in [4.78, 5) is 20.8. The SMILES string of the molecule is C[C@H](Oc1ccc(Br)cc1)C(=O)N1CCN(c2ccncc2)CC1. The summed E-state index contributed by atoms with van der Waals surface area (Å²) in [6.07, 6.45) is 3.10. The average molecular weight is 390 g/mol. The van der Waals surface area contributed by atoms with Crippen molar-refractivity contribution >= 4 is 27.5 Å². The zero-order valence-electron chi connectivity index (χ0n) is 13.6. The molecule has 1 aromatic carbocycles. The Balaban J connectivity index is 1.53. The normalized spacial score (nSPS) is 15.9. The van der Waals surface area contributed by atoms with E-state index in [0.29, 0.717) is 18.8 Å². The van der Waals surface area contributed by atoms with Gasteiger partial charge in [-0.25, -0.2) is 0 Å². The second-order valence-corrected chi connectivity index (χ2v) is 6.65. The van der Waals surface area contributed by atoms with Crippen LogP contribution in [0.5, 0.6) is 5.75 Å². The highest BCUT2D eigenvalue weighted by atomic mass is 79.9. The number of piperazine rings is 1. The number of rotatable bonds is 4. The van der Waals surface area contributed by atoms with Crippen molar-refractivity contribution in [3.8, 4) is 5.75 Å². The second-order valence-electron chi connectivity index (χ2n) is 5.73. The molecule has 5 nitrogen and oxygen atoms in total. The van der Waals surface area contributed by atoms with E-state index in [1.165, 1.54) is 0 Å². The van der Waals surface area contributed by atoms with Gasteiger partial charge in [0, 0.05) is 48.7 Å². The molecule has 2 heterocycles. The van der Waals surface area contributed by atoms with Crippen LogP contribution in [0.25, 0.3) is 0 Å². The molecule has 24 heavy (non-hydrogen) atoms. The predicted octanol–water partition coefficient (Wildman–Crippen LogP) is 2.96. The minimum atomic E-state index is -0.487. The standard InChI is InChI=1S/C18H20BrN3O2/c1-14(24-17-4-2-15(19)3-5-17)18(23)22-12-10-21(11-13-22)16-6-8-20-9-7-16/h2-9,14H,10-13H2,1H3/t14-/m0/s1. The largest absolute Gasteiger partial charge is 0.481 e. The van der Waals surface area contributed by atoms with Gasteiger partial charge in [-0.1, -0.05) is 15.9 Å². The first-order valence-corrected chi connectivity index (χ1v) is 8.79. The molecule has 0 bridgehead atoms. The summed E-state index contributed by atoms with van der Waals surface area (Å²) in [5.74, 6) is 0.738. The summed E-state index contributed by atoms with van der Waals surface area (Å²) in [5.41, 5.74) is 1.15. The Morgan fingerprint density at radius 3 is 2.33 bits per heavy atom. The number of hydrogen-bond acceptors (Lipinski definition) is 4. The third kappa shape index (κ3) is 4.06. The molecule has 1 atom stereocenters. The van der Waals surface area contributed by atoms with Crippen molar-refractivity contribution in [1.29, 1.82) is 0 Å². The number of aromatic nitrogens is 1. The number of amides is 1. The molecular formula is C18H20BrN3O2. The molecule has 3 rings (SSSR count). The van der Waals surface area contributed by atoms with Gasteiger partial charge < -0.3 is 14.5 Å². The summed E-state index contributed by atoms with van der Waals surface area (Å²) >= 11 is 3.39. The van der Waals surface area contributed by atoms with E-state index in [1.54, 1.807) is 19.3 Å². The lowest BCUT2D eigenvalue weighted by Crippen LogP contribution is -2.52. The first kappa shape index (κ1) is 16.8. The van der Waals surface area contributed by atoms with Gasteiger partial charge in [0.25, 0.3) is 5.91 Å². The molecule has 0 radical (unpaired) electrons. The number of nitrogens with zero attached hydrogens (tertiary/aromatic N) is 3. The van der Waals surface area contributed by atoms with E-state index >= 15 is 0 Å². The third-order valence-electron chi connectivity index (χ3n) is 4.09. The molecule has 0 spiro atoms. The van der Waals surface area contributed by atoms with Crippen LogP contribution in [0.1, 0.15) is 6.92 Å². The highest BCUT2D eigenvalue weighted by molar-refractivity contribution is 9.10. The van der Waals surface area contributed by atoms with Crippen LogP contribution in [-0.4, -0.2) is 48.1 Å². The van der Waals surface area contributed by atoms with Crippen LogP contribution in [0.3, 0.4) is 0 Å². The van der Waals surface area contributed by atoms with E-state index in [1.807, 2.05) is 41.3 Å². The summed E-state index contributed by atoms with van der Waals surface area (Å²) in [6.45, 7) is 4.85. The molecule has 0 unspecified atom stereocenters.